The van der Waals surface area contributed by atoms with E-state index in [-0.39, 0.29) is 16.9 Å². The van der Waals surface area contributed by atoms with Crippen LogP contribution in [0.5, 0.6) is 0 Å². The van der Waals surface area contributed by atoms with Crippen LogP contribution in [-0.4, -0.2) is 48.6 Å². The maximum absolute atomic E-state index is 13.1. The molecule has 3 aromatic heterocycles. The first kappa shape index (κ1) is 18.6. The summed E-state index contributed by atoms with van der Waals surface area (Å²) in [6.45, 7) is 1.34. The summed E-state index contributed by atoms with van der Waals surface area (Å²) in [5.41, 5.74) is 4.12. The summed E-state index contributed by atoms with van der Waals surface area (Å²) < 4.78 is 1.98. The number of nitrogens with one attached hydrogen (secondary N) is 2. The Hall–Kier alpha value is -3.16. The van der Waals surface area contributed by atoms with Crippen LogP contribution in [0.25, 0.3) is 11.4 Å². The Morgan fingerprint density at radius 1 is 1.23 bits per heavy atom. The molecule has 0 aromatic carbocycles. The number of carbonyl (C=O) groups excluding carboxylic acids is 1. The van der Waals surface area contributed by atoms with E-state index in [1.54, 1.807) is 0 Å². The first-order chi connectivity index (χ1) is 15.0. The van der Waals surface area contributed by atoms with Crippen molar-refractivity contribution in [2.45, 2.75) is 49.9 Å². The number of hydrogen-bond acceptors (Lipinski definition) is 4. The summed E-state index contributed by atoms with van der Waals surface area (Å²) in [4.78, 5) is 35.6. The first-order valence-electron chi connectivity index (χ1n) is 11.1. The van der Waals surface area contributed by atoms with Gasteiger partial charge >= 0.3 is 0 Å². The summed E-state index contributed by atoms with van der Waals surface area (Å²) in [6, 6.07) is 5.77. The molecule has 2 fully saturated rings. The van der Waals surface area contributed by atoms with E-state index in [1.165, 1.54) is 0 Å². The molecule has 1 spiro atoms. The largest absolute Gasteiger partial charge is 0.349 e. The van der Waals surface area contributed by atoms with Gasteiger partial charge in [-0.1, -0.05) is 0 Å². The van der Waals surface area contributed by atoms with Gasteiger partial charge in [0.15, 0.2) is 0 Å². The minimum absolute atomic E-state index is 0.0152. The lowest BCUT2D eigenvalue weighted by molar-refractivity contribution is 0.0657. The highest BCUT2D eigenvalue weighted by molar-refractivity contribution is 5.93. The van der Waals surface area contributed by atoms with E-state index in [4.69, 9.17) is 4.98 Å². The number of rotatable bonds is 3. The predicted molar refractivity (Wildman–Crippen MR) is 115 cm³/mol. The summed E-state index contributed by atoms with van der Waals surface area (Å²) >= 11 is 0. The predicted octanol–water partition coefficient (Wildman–Crippen LogP) is 2.50. The van der Waals surface area contributed by atoms with Gasteiger partial charge in [-0.05, 0) is 56.7 Å². The number of nitrogens with zero attached hydrogens (tertiary/aromatic N) is 4. The highest BCUT2D eigenvalue weighted by Gasteiger charge is 2.45. The van der Waals surface area contributed by atoms with Gasteiger partial charge in [0.05, 0.1) is 11.4 Å². The third kappa shape index (κ3) is 2.96. The zero-order valence-electron chi connectivity index (χ0n) is 17.6. The van der Waals surface area contributed by atoms with E-state index in [9.17, 15) is 9.59 Å². The quantitative estimate of drug-likeness (QED) is 0.683. The van der Waals surface area contributed by atoms with Gasteiger partial charge in [-0.2, -0.15) is 5.10 Å². The molecule has 1 aliphatic heterocycles. The molecule has 4 heterocycles. The van der Waals surface area contributed by atoms with Crippen LogP contribution in [-0.2, 0) is 18.9 Å². The van der Waals surface area contributed by atoms with Crippen LogP contribution in [0.2, 0.25) is 0 Å². The second-order valence-electron chi connectivity index (χ2n) is 9.30. The molecular weight excluding hydrogens is 392 g/mol. The van der Waals surface area contributed by atoms with Crippen molar-refractivity contribution in [2.24, 2.45) is 7.05 Å². The Labute approximate surface area is 179 Å². The average Bonchev–Trinajstić information content (AvgIpc) is 3.19. The summed E-state index contributed by atoms with van der Waals surface area (Å²) in [7, 11) is 1.96. The van der Waals surface area contributed by atoms with Crippen LogP contribution in [0.3, 0.4) is 0 Å². The SMILES string of the molecule is Cn1cccc1-c1cc(C(=O)N2CCC3(CCc4c3nc(C3CC3)[nH]c4=O)CC2)[nH]n1. The Morgan fingerprint density at radius 3 is 2.74 bits per heavy atom. The normalized spacial score (nSPS) is 19.7. The third-order valence-corrected chi connectivity index (χ3v) is 7.38. The highest BCUT2D eigenvalue weighted by Crippen LogP contribution is 2.46. The number of carbonyl (C=O) groups is 1. The second-order valence-corrected chi connectivity index (χ2v) is 9.30. The van der Waals surface area contributed by atoms with Crippen molar-refractivity contribution in [3.8, 4) is 11.4 Å². The Kier molecular flexibility index (Phi) is 4.00. The first-order valence-corrected chi connectivity index (χ1v) is 11.1. The molecule has 6 rings (SSSR count). The maximum Gasteiger partial charge on any atom is 0.271 e. The van der Waals surface area contributed by atoms with Crippen molar-refractivity contribution in [2.75, 3.05) is 13.1 Å². The Balaban J connectivity index is 1.21. The van der Waals surface area contributed by atoms with E-state index >= 15 is 0 Å². The molecule has 8 nitrogen and oxygen atoms in total. The lowest BCUT2D eigenvalue weighted by Crippen LogP contribution is -2.45. The molecule has 1 saturated heterocycles. The van der Waals surface area contributed by atoms with E-state index in [2.05, 4.69) is 15.2 Å². The number of likely N-dealkylation sites (tertiary alicyclic amines) is 1. The number of amides is 1. The second kappa shape index (κ2) is 6.67. The van der Waals surface area contributed by atoms with Crippen molar-refractivity contribution in [3.05, 3.63) is 57.5 Å². The molecule has 3 aliphatic rings. The van der Waals surface area contributed by atoms with Crippen LogP contribution in [0.15, 0.2) is 29.2 Å². The zero-order chi connectivity index (χ0) is 21.2. The standard InChI is InChI=1S/C23H26N6O2/c1-28-10-2-3-18(28)16-13-17(27-26-16)22(31)29-11-8-23(9-12-29)7-6-15-19(23)24-20(14-4-5-14)25-21(15)30/h2-3,10,13-14H,4-9,11-12H2,1H3,(H,26,27)(H,24,25,30). The van der Waals surface area contributed by atoms with Crippen molar-refractivity contribution >= 4 is 5.91 Å². The van der Waals surface area contributed by atoms with E-state index in [1.807, 2.05) is 40.9 Å². The number of piperidine rings is 1. The minimum atomic E-state index is -0.0633. The zero-order valence-corrected chi connectivity index (χ0v) is 17.6. The highest BCUT2D eigenvalue weighted by atomic mass is 16.2. The van der Waals surface area contributed by atoms with E-state index < -0.39 is 0 Å². The molecule has 2 aliphatic carbocycles. The number of aromatic amines is 2. The van der Waals surface area contributed by atoms with Gasteiger partial charge in [-0.25, -0.2) is 4.98 Å². The van der Waals surface area contributed by atoms with Crippen LogP contribution < -0.4 is 5.56 Å². The van der Waals surface area contributed by atoms with Gasteiger partial charge in [0.25, 0.3) is 11.5 Å². The molecule has 1 saturated carbocycles. The molecule has 1 amide bonds. The molecule has 2 N–H and O–H groups in total. The number of fused-ring (bicyclic) bond motifs is 2. The topological polar surface area (TPSA) is 99.7 Å². The molecule has 3 aromatic rings. The number of aromatic nitrogens is 5. The fraction of sp³-hybridized carbons (Fsp3) is 0.478. The average molecular weight is 419 g/mol. The molecule has 0 atom stereocenters. The van der Waals surface area contributed by atoms with Crippen molar-refractivity contribution in [1.82, 2.24) is 29.6 Å². The lowest BCUT2D eigenvalue weighted by Gasteiger charge is -2.39. The van der Waals surface area contributed by atoms with Gasteiger partial charge < -0.3 is 14.5 Å². The maximum atomic E-state index is 13.1. The molecule has 8 heteroatoms. The number of aryl methyl sites for hydroxylation is 1. The van der Waals surface area contributed by atoms with Crippen molar-refractivity contribution in [3.63, 3.8) is 0 Å². The van der Waals surface area contributed by atoms with E-state index in [0.717, 1.165) is 67.0 Å². The van der Waals surface area contributed by atoms with Gasteiger partial charge in [-0.3, -0.25) is 14.7 Å². The number of H-pyrrole nitrogens is 2. The minimum Gasteiger partial charge on any atom is -0.349 e. The van der Waals surface area contributed by atoms with Crippen molar-refractivity contribution in [1.29, 1.82) is 0 Å². The third-order valence-electron chi connectivity index (χ3n) is 7.38. The molecule has 0 bridgehead atoms. The van der Waals surface area contributed by atoms with Crippen LogP contribution >= 0.6 is 0 Å². The van der Waals surface area contributed by atoms with Gasteiger partial charge in [0.2, 0.25) is 0 Å². The fourth-order valence-electron chi connectivity index (χ4n) is 5.30. The Morgan fingerprint density at radius 2 is 2.03 bits per heavy atom. The molecule has 31 heavy (non-hydrogen) atoms. The van der Waals surface area contributed by atoms with Gasteiger partial charge in [0.1, 0.15) is 17.2 Å². The monoisotopic (exact) mass is 418 g/mol. The molecule has 0 radical (unpaired) electrons. The lowest BCUT2D eigenvalue weighted by atomic mass is 9.76. The van der Waals surface area contributed by atoms with Gasteiger partial charge in [-0.15, -0.1) is 0 Å². The smallest absolute Gasteiger partial charge is 0.271 e. The fourth-order valence-corrected chi connectivity index (χ4v) is 5.30. The summed E-state index contributed by atoms with van der Waals surface area (Å²) in [5, 5.41) is 7.25. The summed E-state index contributed by atoms with van der Waals surface area (Å²) in [5.74, 6) is 1.28. The van der Waals surface area contributed by atoms with Crippen LogP contribution in [0, 0.1) is 0 Å². The van der Waals surface area contributed by atoms with Crippen LogP contribution in [0.1, 0.15) is 65.6 Å². The van der Waals surface area contributed by atoms with Gasteiger partial charge in [0, 0.05) is 43.2 Å². The van der Waals surface area contributed by atoms with E-state index in [0.29, 0.717) is 24.7 Å². The summed E-state index contributed by atoms with van der Waals surface area (Å²) in [6.07, 6.45) is 7.64. The van der Waals surface area contributed by atoms with Crippen LogP contribution in [0.4, 0.5) is 0 Å². The number of hydrogen-bond donors (Lipinski definition) is 2. The molecular formula is C23H26N6O2. The molecule has 160 valence electrons. The van der Waals surface area contributed by atoms with Crippen molar-refractivity contribution < 1.29 is 4.79 Å². The Bertz CT molecular complexity index is 1220. The molecule has 0 unspecified atom stereocenters.